The van der Waals surface area contributed by atoms with E-state index in [0.717, 1.165) is 50.4 Å². The number of aromatic nitrogens is 2. The standard InChI is InChI=1S/C15H27N5O/c1-4-8-20-14(13(16)11(2)18-20)17-12(3)15(21)19-9-6-5-7-10-19/h12,17H,4-10,16H2,1-3H3. The molecule has 0 spiro atoms. The Morgan fingerprint density at radius 1 is 1.38 bits per heavy atom. The fraction of sp³-hybridized carbons (Fsp3) is 0.733. The van der Waals surface area contributed by atoms with Crippen LogP contribution in [0, 0.1) is 6.92 Å². The lowest BCUT2D eigenvalue weighted by atomic mass is 10.1. The van der Waals surface area contributed by atoms with Gasteiger partial charge in [0.1, 0.15) is 11.9 Å². The van der Waals surface area contributed by atoms with Crippen molar-refractivity contribution < 1.29 is 4.79 Å². The second-order valence-electron chi connectivity index (χ2n) is 5.82. The highest BCUT2D eigenvalue weighted by Crippen LogP contribution is 2.24. The molecule has 1 aromatic rings. The zero-order valence-corrected chi connectivity index (χ0v) is 13.4. The van der Waals surface area contributed by atoms with E-state index in [2.05, 4.69) is 17.3 Å². The van der Waals surface area contributed by atoms with E-state index in [4.69, 9.17) is 5.73 Å². The number of hydrogen-bond donors (Lipinski definition) is 2. The third-order valence-electron chi connectivity index (χ3n) is 4.00. The average molecular weight is 293 g/mol. The van der Waals surface area contributed by atoms with Crippen LogP contribution < -0.4 is 11.1 Å². The van der Waals surface area contributed by atoms with Crippen LogP contribution in [0.4, 0.5) is 11.5 Å². The van der Waals surface area contributed by atoms with E-state index in [1.165, 1.54) is 6.42 Å². The second kappa shape index (κ2) is 6.83. The number of rotatable bonds is 5. The van der Waals surface area contributed by atoms with Crippen molar-refractivity contribution in [2.75, 3.05) is 24.1 Å². The summed E-state index contributed by atoms with van der Waals surface area (Å²) in [5, 5.41) is 7.69. The summed E-state index contributed by atoms with van der Waals surface area (Å²) in [4.78, 5) is 14.4. The molecule has 1 fully saturated rings. The van der Waals surface area contributed by atoms with E-state index in [0.29, 0.717) is 5.69 Å². The molecule has 1 unspecified atom stereocenters. The number of hydrogen-bond acceptors (Lipinski definition) is 4. The Morgan fingerprint density at radius 2 is 2.05 bits per heavy atom. The zero-order chi connectivity index (χ0) is 15.4. The number of nitrogens with one attached hydrogen (secondary N) is 1. The number of carbonyl (C=O) groups excluding carboxylic acids is 1. The number of likely N-dealkylation sites (tertiary alicyclic amines) is 1. The van der Waals surface area contributed by atoms with E-state index in [1.807, 2.05) is 23.4 Å². The lowest BCUT2D eigenvalue weighted by Crippen LogP contribution is -2.44. The van der Waals surface area contributed by atoms with Gasteiger partial charge in [0.15, 0.2) is 0 Å². The molecular weight excluding hydrogens is 266 g/mol. The first-order valence-corrected chi connectivity index (χ1v) is 7.92. The summed E-state index contributed by atoms with van der Waals surface area (Å²) in [6.45, 7) is 8.42. The molecule has 21 heavy (non-hydrogen) atoms. The summed E-state index contributed by atoms with van der Waals surface area (Å²) in [5.74, 6) is 0.920. The minimum Gasteiger partial charge on any atom is -0.394 e. The maximum atomic E-state index is 12.5. The fourth-order valence-electron chi connectivity index (χ4n) is 2.78. The van der Waals surface area contributed by atoms with Crippen LogP contribution in [-0.4, -0.2) is 39.7 Å². The highest BCUT2D eigenvalue weighted by atomic mass is 16.2. The van der Waals surface area contributed by atoms with Crippen LogP contribution in [0.3, 0.4) is 0 Å². The van der Waals surface area contributed by atoms with Gasteiger partial charge in [-0.15, -0.1) is 0 Å². The molecule has 1 aromatic heterocycles. The molecule has 6 nitrogen and oxygen atoms in total. The molecule has 0 radical (unpaired) electrons. The highest BCUT2D eigenvalue weighted by Gasteiger charge is 2.24. The number of nitrogens with two attached hydrogens (primary N) is 1. The number of amides is 1. The van der Waals surface area contributed by atoms with Crippen LogP contribution in [0.5, 0.6) is 0 Å². The largest absolute Gasteiger partial charge is 0.394 e. The fourth-order valence-corrected chi connectivity index (χ4v) is 2.78. The number of carbonyl (C=O) groups is 1. The Bertz CT molecular complexity index is 490. The third kappa shape index (κ3) is 3.49. The molecule has 1 aliphatic rings. The predicted molar refractivity (Wildman–Crippen MR) is 85.2 cm³/mol. The Hall–Kier alpha value is -1.72. The van der Waals surface area contributed by atoms with Crippen molar-refractivity contribution in [1.82, 2.24) is 14.7 Å². The Kier molecular flexibility index (Phi) is 5.09. The van der Waals surface area contributed by atoms with Gasteiger partial charge in [0.25, 0.3) is 0 Å². The second-order valence-corrected chi connectivity index (χ2v) is 5.82. The van der Waals surface area contributed by atoms with Crippen molar-refractivity contribution in [3.05, 3.63) is 5.69 Å². The monoisotopic (exact) mass is 293 g/mol. The molecule has 2 heterocycles. The van der Waals surface area contributed by atoms with Crippen LogP contribution in [0.2, 0.25) is 0 Å². The summed E-state index contributed by atoms with van der Waals surface area (Å²) in [5.41, 5.74) is 7.54. The van der Waals surface area contributed by atoms with E-state index in [-0.39, 0.29) is 11.9 Å². The first-order valence-electron chi connectivity index (χ1n) is 7.92. The van der Waals surface area contributed by atoms with Crippen LogP contribution >= 0.6 is 0 Å². The van der Waals surface area contributed by atoms with Crippen LogP contribution in [0.1, 0.15) is 45.2 Å². The maximum absolute atomic E-state index is 12.5. The molecule has 1 atom stereocenters. The van der Waals surface area contributed by atoms with Gasteiger partial charge in [-0.25, -0.2) is 4.68 Å². The van der Waals surface area contributed by atoms with E-state index in [9.17, 15) is 4.79 Å². The Morgan fingerprint density at radius 3 is 2.67 bits per heavy atom. The van der Waals surface area contributed by atoms with Crippen LogP contribution in [-0.2, 0) is 11.3 Å². The number of anilines is 2. The Balaban J connectivity index is 2.07. The molecule has 0 bridgehead atoms. The molecule has 6 heteroatoms. The quantitative estimate of drug-likeness (QED) is 0.870. The van der Waals surface area contributed by atoms with Gasteiger partial charge in [-0.2, -0.15) is 5.10 Å². The SMILES string of the molecule is CCCn1nc(C)c(N)c1NC(C)C(=O)N1CCCCC1. The molecule has 0 aromatic carbocycles. The predicted octanol–water partition coefficient (Wildman–Crippen LogP) is 2.00. The van der Waals surface area contributed by atoms with Gasteiger partial charge in [0.05, 0.1) is 11.4 Å². The van der Waals surface area contributed by atoms with Crippen molar-refractivity contribution in [1.29, 1.82) is 0 Å². The number of aryl methyl sites for hydroxylation is 2. The highest BCUT2D eigenvalue weighted by molar-refractivity contribution is 5.85. The van der Waals surface area contributed by atoms with Gasteiger partial charge in [-0.05, 0) is 39.5 Å². The lowest BCUT2D eigenvalue weighted by molar-refractivity contribution is -0.132. The topological polar surface area (TPSA) is 76.2 Å². The van der Waals surface area contributed by atoms with Gasteiger partial charge in [0.2, 0.25) is 5.91 Å². The number of nitrogens with zero attached hydrogens (tertiary/aromatic N) is 3. The van der Waals surface area contributed by atoms with Crippen molar-refractivity contribution in [3.63, 3.8) is 0 Å². The maximum Gasteiger partial charge on any atom is 0.244 e. The lowest BCUT2D eigenvalue weighted by Gasteiger charge is -2.29. The first kappa shape index (κ1) is 15.7. The van der Waals surface area contributed by atoms with Gasteiger partial charge in [-0.3, -0.25) is 4.79 Å². The summed E-state index contributed by atoms with van der Waals surface area (Å²) in [6, 6.07) is -0.280. The van der Waals surface area contributed by atoms with Crippen molar-refractivity contribution in [2.45, 2.75) is 59.0 Å². The molecule has 1 aliphatic heterocycles. The van der Waals surface area contributed by atoms with Crippen molar-refractivity contribution in [3.8, 4) is 0 Å². The minimum atomic E-state index is -0.280. The minimum absolute atomic E-state index is 0.149. The molecule has 3 N–H and O–H groups in total. The molecule has 0 aliphatic carbocycles. The van der Waals surface area contributed by atoms with E-state index >= 15 is 0 Å². The third-order valence-corrected chi connectivity index (χ3v) is 4.00. The zero-order valence-electron chi connectivity index (χ0n) is 13.4. The van der Waals surface area contributed by atoms with Crippen LogP contribution in [0.15, 0.2) is 0 Å². The average Bonchev–Trinajstić information content (AvgIpc) is 2.75. The molecular formula is C15H27N5O. The normalized spacial score (nSPS) is 16.8. The summed E-state index contributed by atoms with van der Waals surface area (Å²) in [6.07, 6.45) is 4.41. The smallest absolute Gasteiger partial charge is 0.244 e. The molecule has 1 saturated heterocycles. The van der Waals surface area contributed by atoms with Gasteiger partial charge in [0, 0.05) is 19.6 Å². The van der Waals surface area contributed by atoms with Crippen molar-refractivity contribution >= 4 is 17.4 Å². The molecule has 0 saturated carbocycles. The number of nitrogen functional groups attached to an aromatic ring is 1. The van der Waals surface area contributed by atoms with Gasteiger partial charge >= 0.3 is 0 Å². The Labute approximate surface area is 126 Å². The summed E-state index contributed by atoms with van der Waals surface area (Å²) >= 11 is 0. The van der Waals surface area contributed by atoms with Gasteiger partial charge in [-0.1, -0.05) is 6.92 Å². The van der Waals surface area contributed by atoms with E-state index in [1.54, 1.807) is 0 Å². The summed E-state index contributed by atoms with van der Waals surface area (Å²) < 4.78 is 1.87. The molecule has 1 amide bonds. The molecule has 2 rings (SSSR count). The first-order chi connectivity index (χ1) is 10.0. The van der Waals surface area contributed by atoms with Gasteiger partial charge < -0.3 is 16.0 Å². The number of piperidine rings is 1. The van der Waals surface area contributed by atoms with Crippen LogP contribution in [0.25, 0.3) is 0 Å². The summed E-state index contributed by atoms with van der Waals surface area (Å²) in [7, 11) is 0. The molecule has 118 valence electrons. The van der Waals surface area contributed by atoms with Crippen molar-refractivity contribution in [2.24, 2.45) is 0 Å². The van der Waals surface area contributed by atoms with E-state index < -0.39 is 0 Å².